The number of rotatable bonds is 3. The molecule has 0 saturated heterocycles. The lowest BCUT2D eigenvalue weighted by Crippen LogP contribution is -2.02. The van der Waals surface area contributed by atoms with Crippen LogP contribution in [0.15, 0.2) is 30.6 Å². The van der Waals surface area contributed by atoms with Gasteiger partial charge in [-0.1, -0.05) is 23.7 Å². The Kier molecular flexibility index (Phi) is 3.05. The maximum atomic E-state index is 5.95. The van der Waals surface area contributed by atoms with Crippen molar-refractivity contribution in [1.29, 1.82) is 0 Å². The van der Waals surface area contributed by atoms with E-state index in [0.717, 1.165) is 27.3 Å². The highest BCUT2D eigenvalue weighted by Crippen LogP contribution is 2.19. The van der Waals surface area contributed by atoms with Crippen LogP contribution in [-0.4, -0.2) is 20.2 Å². The molecule has 0 spiro atoms. The molecule has 2 heterocycles. The predicted molar refractivity (Wildman–Crippen MR) is 75.2 cm³/mol. The van der Waals surface area contributed by atoms with Gasteiger partial charge in [-0.25, -0.2) is 9.97 Å². The fraction of sp³-hybridized carbons (Fsp3) is 0.154. The van der Waals surface area contributed by atoms with Crippen LogP contribution in [0.1, 0.15) is 11.3 Å². The number of anilines is 1. The van der Waals surface area contributed by atoms with E-state index in [1.54, 1.807) is 0 Å². The highest BCUT2D eigenvalue weighted by Gasteiger charge is 2.08. The summed E-state index contributed by atoms with van der Waals surface area (Å²) < 4.78 is 0. The molecule has 0 radical (unpaired) electrons. The summed E-state index contributed by atoms with van der Waals surface area (Å²) in [4.78, 5) is 8.42. The normalized spacial score (nSPS) is 10.8. The van der Waals surface area contributed by atoms with E-state index < -0.39 is 0 Å². The number of aromatic nitrogens is 4. The van der Waals surface area contributed by atoms with Gasteiger partial charge in [-0.15, -0.1) is 0 Å². The Morgan fingerprint density at radius 3 is 3.00 bits per heavy atom. The van der Waals surface area contributed by atoms with E-state index in [-0.39, 0.29) is 0 Å². The van der Waals surface area contributed by atoms with Crippen LogP contribution in [-0.2, 0) is 6.54 Å². The molecule has 0 atom stereocenters. The molecule has 3 rings (SSSR count). The summed E-state index contributed by atoms with van der Waals surface area (Å²) >= 11 is 5.95. The van der Waals surface area contributed by atoms with Crippen LogP contribution in [0.5, 0.6) is 0 Å². The number of benzene rings is 1. The Morgan fingerprint density at radius 2 is 2.16 bits per heavy atom. The molecular formula is C13H12ClN5. The van der Waals surface area contributed by atoms with Crippen molar-refractivity contribution in [3.05, 3.63) is 46.9 Å². The van der Waals surface area contributed by atoms with Crippen molar-refractivity contribution < 1.29 is 0 Å². The standard InChI is InChI=1S/C13H12ClN5/c1-8-11-12(19-18-8)13(17-7-16-11)15-6-9-3-2-4-10(14)5-9/h2-5,7H,6H2,1H3,(H,18,19)(H,15,16,17). The summed E-state index contributed by atoms with van der Waals surface area (Å²) in [5.74, 6) is 0.717. The Labute approximate surface area is 115 Å². The number of aromatic amines is 1. The van der Waals surface area contributed by atoms with Gasteiger partial charge in [0.1, 0.15) is 11.8 Å². The van der Waals surface area contributed by atoms with Crippen molar-refractivity contribution in [2.45, 2.75) is 13.5 Å². The largest absolute Gasteiger partial charge is 0.364 e. The molecule has 5 nitrogen and oxygen atoms in total. The monoisotopic (exact) mass is 273 g/mol. The topological polar surface area (TPSA) is 66.5 Å². The number of hydrogen-bond donors (Lipinski definition) is 2. The van der Waals surface area contributed by atoms with Crippen molar-refractivity contribution >= 4 is 28.5 Å². The first-order valence-electron chi connectivity index (χ1n) is 5.88. The molecule has 0 saturated carbocycles. The number of nitrogens with one attached hydrogen (secondary N) is 2. The van der Waals surface area contributed by atoms with Crippen molar-refractivity contribution in [3.63, 3.8) is 0 Å². The molecule has 96 valence electrons. The average Bonchev–Trinajstić information content (AvgIpc) is 2.79. The van der Waals surface area contributed by atoms with Gasteiger partial charge >= 0.3 is 0 Å². The second kappa shape index (κ2) is 4.85. The number of fused-ring (bicyclic) bond motifs is 1. The minimum atomic E-state index is 0.637. The van der Waals surface area contributed by atoms with Crippen LogP contribution in [0.2, 0.25) is 5.02 Å². The van der Waals surface area contributed by atoms with E-state index in [1.807, 2.05) is 31.2 Å². The lowest BCUT2D eigenvalue weighted by atomic mass is 10.2. The molecule has 3 aromatic rings. The van der Waals surface area contributed by atoms with Crippen LogP contribution in [0.4, 0.5) is 5.82 Å². The fourth-order valence-corrected chi connectivity index (χ4v) is 2.13. The molecule has 0 aliphatic carbocycles. The van der Waals surface area contributed by atoms with Crippen LogP contribution in [0.25, 0.3) is 11.0 Å². The highest BCUT2D eigenvalue weighted by molar-refractivity contribution is 6.30. The van der Waals surface area contributed by atoms with Gasteiger partial charge in [0, 0.05) is 11.6 Å². The molecule has 2 aromatic heterocycles. The Bertz CT molecular complexity index is 722. The van der Waals surface area contributed by atoms with Crippen molar-refractivity contribution in [2.24, 2.45) is 0 Å². The van der Waals surface area contributed by atoms with Gasteiger partial charge in [-0.3, -0.25) is 5.10 Å². The summed E-state index contributed by atoms with van der Waals surface area (Å²) in [7, 11) is 0. The molecule has 6 heteroatoms. The first kappa shape index (κ1) is 11.9. The molecule has 2 N–H and O–H groups in total. The SMILES string of the molecule is Cc1[nH]nc2c(NCc3cccc(Cl)c3)ncnc12. The smallest absolute Gasteiger partial charge is 0.158 e. The van der Waals surface area contributed by atoms with E-state index in [0.29, 0.717) is 12.4 Å². The molecule has 0 aliphatic heterocycles. The second-order valence-electron chi connectivity index (χ2n) is 4.25. The van der Waals surface area contributed by atoms with E-state index in [1.165, 1.54) is 6.33 Å². The summed E-state index contributed by atoms with van der Waals surface area (Å²) in [5.41, 5.74) is 3.61. The van der Waals surface area contributed by atoms with E-state index >= 15 is 0 Å². The van der Waals surface area contributed by atoms with Gasteiger partial charge in [-0.05, 0) is 24.6 Å². The first-order chi connectivity index (χ1) is 9.24. The molecule has 0 aliphatic rings. The molecule has 0 amide bonds. The number of nitrogens with zero attached hydrogens (tertiary/aromatic N) is 3. The maximum Gasteiger partial charge on any atom is 0.158 e. The van der Waals surface area contributed by atoms with Crippen molar-refractivity contribution in [3.8, 4) is 0 Å². The van der Waals surface area contributed by atoms with Crippen LogP contribution >= 0.6 is 11.6 Å². The fourth-order valence-electron chi connectivity index (χ4n) is 1.91. The van der Waals surface area contributed by atoms with Crippen LogP contribution < -0.4 is 5.32 Å². The zero-order valence-electron chi connectivity index (χ0n) is 10.3. The second-order valence-corrected chi connectivity index (χ2v) is 4.69. The van der Waals surface area contributed by atoms with Gasteiger partial charge in [-0.2, -0.15) is 5.10 Å². The first-order valence-corrected chi connectivity index (χ1v) is 6.26. The van der Waals surface area contributed by atoms with Crippen molar-refractivity contribution in [2.75, 3.05) is 5.32 Å². The van der Waals surface area contributed by atoms with Crippen LogP contribution in [0.3, 0.4) is 0 Å². The average molecular weight is 274 g/mol. The number of hydrogen-bond acceptors (Lipinski definition) is 4. The Balaban J connectivity index is 1.86. The Hall–Kier alpha value is -2.14. The lowest BCUT2D eigenvalue weighted by molar-refractivity contribution is 1.06. The number of aryl methyl sites for hydroxylation is 1. The van der Waals surface area contributed by atoms with Crippen LogP contribution in [0, 0.1) is 6.92 Å². The molecule has 0 unspecified atom stereocenters. The third-order valence-electron chi connectivity index (χ3n) is 2.86. The van der Waals surface area contributed by atoms with Gasteiger partial charge < -0.3 is 5.32 Å². The highest BCUT2D eigenvalue weighted by atomic mass is 35.5. The molecule has 0 fully saturated rings. The van der Waals surface area contributed by atoms with Gasteiger partial charge in [0.25, 0.3) is 0 Å². The predicted octanol–water partition coefficient (Wildman–Crippen LogP) is 2.93. The summed E-state index contributed by atoms with van der Waals surface area (Å²) in [6.07, 6.45) is 1.53. The molecular weight excluding hydrogens is 262 g/mol. The van der Waals surface area contributed by atoms with Gasteiger partial charge in [0.2, 0.25) is 0 Å². The maximum absolute atomic E-state index is 5.95. The lowest BCUT2D eigenvalue weighted by Gasteiger charge is -2.06. The van der Waals surface area contributed by atoms with E-state index in [2.05, 4.69) is 25.5 Å². The molecule has 19 heavy (non-hydrogen) atoms. The number of halogens is 1. The van der Waals surface area contributed by atoms with E-state index in [4.69, 9.17) is 11.6 Å². The summed E-state index contributed by atoms with van der Waals surface area (Å²) in [6, 6.07) is 7.70. The summed E-state index contributed by atoms with van der Waals surface area (Å²) in [5, 5.41) is 11.1. The zero-order valence-corrected chi connectivity index (χ0v) is 11.1. The minimum absolute atomic E-state index is 0.637. The van der Waals surface area contributed by atoms with Crippen molar-refractivity contribution in [1.82, 2.24) is 20.2 Å². The zero-order chi connectivity index (χ0) is 13.2. The summed E-state index contributed by atoms with van der Waals surface area (Å²) in [6.45, 7) is 2.57. The molecule has 1 aromatic carbocycles. The quantitative estimate of drug-likeness (QED) is 0.770. The molecule has 0 bridgehead atoms. The third kappa shape index (κ3) is 2.37. The van der Waals surface area contributed by atoms with E-state index in [9.17, 15) is 0 Å². The van der Waals surface area contributed by atoms with Gasteiger partial charge in [0.15, 0.2) is 11.3 Å². The minimum Gasteiger partial charge on any atom is -0.364 e. The van der Waals surface area contributed by atoms with Gasteiger partial charge in [0.05, 0.1) is 5.69 Å². The third-order valence-corrected chi connectivity index (χ3v) is 3.10. The Morgan fingerprint density at radius 1 is 1.26 bits per heavy atom. The number of H-pyrrole nitrogens is 1.